The Morgan fingerprint density at radius 1 is 1.06 bits per heavy atom. The van der Waals surface area contributed by atoms with Gasteiger partial charge >= 0.3 is 0 Å². The molecular weight excluding hydrogens is 488 g/mol. The predicted molar refractivity (Wildman–Crippen MR) is 129 cm³/mol. The zero-order chi connectivity index (χ0) is 22.3. The second-order valence-corrected chi connectivity index (χ2v) is 12.6. The van der Waals surface area contributed by atoms with Crippen LogP contribution in [0.2, 0.25) is 5.02 Å². The lowest BCUT2D eigenvalue weighted by Gasteiger charge is -2.38. The average Bonchev–Trinajstić information content (AvgIpc) is 3.49. The molecule has 2 saturated heterocycles. The quantitative estimate of drug-likeness (QED) is 0.534. The summed E-state index contributed by atoms with van der Waals surface area (Å²) in [6.07, 6.45) is 1.14. The molecule has 0 N–H and O–H groups in total. The van der Waals surface area contributed by atoms with Crippen LogP contribution in [-0.4, -0.2) is 67.8 Å². The van der Waals surface area contributed by atoms with Gasteiger partial charge in [0.05, 0.1) is 10.2 Å². The van der Waals surface area contributed by atoms with Crippen LogP contribution in [0.5, 0.6) is 0 Å². The third-order valence-corrected chi connectivity index (χ3v) is 10.7. The van der Waals surface area contributed by atoms with Crippen LogP contribution in [0.15, 0.2) is 39.9 Å². The SMILES string of the molecule is O=C(C1CCN(S(=O)(=O)c2cccs2)CC1)N1CCN(c2nc3ccc(Cl)cc3s2)CC1. The van der Waals surface area contributed by atoms with E-state index in [1.54, 1.807) is 28.8 Å². The Labute approximate surface area is 200 Å². The molecule has 0 radical (unpaired) electrons. The maximum atomic E-state index is 13.1. The van der Waals surface area contributed by atoms with Gasteiger partial charge in [-0.1, -0.05) is 29.0 Å². The van der Waals surface area contributed by atoms with Crippen molar-refractivity contribution in [2.24, 2.45) is 5.92 Å². The Morgan fingerprint density at radius 2 is 1.81 bits per heavy atom. The van der Waals surface area contributed by atoms with Crippen molar-refractivity contribution in [3.05, 3.63) is 40.7 Å². The van der Waals surface area contributed by atoms with Crippen LogP contribution < -0.4 is 4.90 Å². The number of carbonyl (C=O) groups is 1. The molecule has 0 unspecified atom stereocenters. The Kier molecular flexibility index (Phi) is 6.15. The van der Waals surface area contributed by atoms with Gasteiger partial charge < -0.3 is 9.80 Å². The van der Waals surface area contributed by atoms with E-state index in [0.717, 1.165) is 28.4 Å². The highest BCUT2D eigenvalue weighted by Crippen LogP contribution is 2.32. The molecule has 2 aromatic heterocycles. The molecule has 5 rings (SSSR count). The van der Waals surface area contributed by atoms with Crippen LogP contribution >= 0.6 is 34.3 Å². The van der Waals surface area contributed by atoms with Crippen molar-refractivity contribution in [2.45, 2.75) is 17.1 Å². The minimum atomic E-state index is -3.44. The van der Waals surface area contributed by atoms with E-state index in [1.807, 2.05) is 23.1 Å². The van der Waals surface area contributed by atoms with E-state index in [2.05, 4.69) is 4.90 Å². The molecule has 0 atom stereocenters. The Hall–Kier alpha value is -1.72. The number of aromatic nitrogens is 1. The molecule has 2 aliphatic rings. The lowest BCUT2D eigenvalue weighted by molar-refractivity contribution is -0.137. The summed E-state index contributed by atoms with van der Waals surface area (Å²) in [6.45, 7) is 3.58. The number of thiazole rings is 1. The molecule has 3 aromatic rings. The summed E-state index contributed by atoms with van der Waals surface area (Å²) in [5, 5.41) is 3.44. The van der Waals surface area contributed by atoms with Crippen LogP contribution in [-0.2, 0) is 14.8 Å². The molecule has 0 saturated carbocycles. The topological polar surface area (TPSA) is 73.8 Å². The van der Waals surface area contributed by atoms with Crippen molar-refractivity contribution >= 4 is 65.6 Å². The standard InChI is InChI=1S/C21H23ClN4O3S3/c22-16-3-4-17-18(14-16)31-21(23-17)25-11-9-24(10-12-25)20(27)15-5-7-26(8-6-15)32(28,29)19-2-1-13-30-19/h1-4,13-15H,5-12H2. The molecule has 2 fully saturated rings. The highest BCUT2D eigenvalue weighted by atomic mass is 35.5. The van der Waals surface area contributed by atoms with E-state index in [1.165, 1.54) is 15.6 Å². The first-order valence-corrected chi connectivity index (χ1v) is 14.1. The van der Waals surface area contributed by atoms with Gasteiger partial charge in [0.1, 0.15) is 4.21 Å². The molecule has 170 valence electrons. The average molecular weight is 511 g/mol. The maximum Gasteiger partial charge on any atom is 0.252 e. The second-order valence-electron chi connectivity index (χ2n) is 8.03. The monoisotopic (exact) mass is 510 g/mol. The molecular formula is C21H23ClN4O3S3. The number of amides is 1. The zero-order valence-corrected chi connectivity index (χ0v) is 20.5. The summed E-state index contributed by atoms with van der Waals surface area (Å²) in [7, 11) is -3.44. The van der Waals surface area contributed by atoms with Crippen LogP contribution in [0.3, 0.4) is 0 Å². The minimum absolute atomic E-state index is 0.110. The van der Waals surface area contributed by atoms with Crippen molar-refractivity contribution in [2.75, 3.05) is 44.2 Å². The number of thiophene rings is 1. The molecule has 0 spiro atoms. The third-order valence-electron chi connectivity index (χ3n) is 6.09. The molecule has 1 aromatic carbocycles. The summed E-state index contributed by atoms with van der Waals surface area (Å²) < 4.78 is 28.4. The fourth-order valence-electron chi connectivity index (χ4n) is 4.28. The highest BCUT2D eigenvalue weighted by molar-refractivity contribution is 7.91. The van der Waals surface area contributed by atoms with Gasteiger partial charge in [-0.25, -0.2) is 13.4 Å². The van der Waals surface area contributed by atoms with Gasteiger partial charge in [0.25, 0.3) is 10.0 Å². The molecule has 32 heavy (non-hydrogen) atoms. The zero-order valence-electron chi connectivity index (χ0n) is 17.3. The molecule has 2 aliphatic heterocycles. The van der Waals surface area contributed by atoms with Crippen LogP contribution in [0, 0.1) is 5.92 Å². The van der Waals surface area contributed by atoms with Gasteiger partial charge in [-0.2, -0.15) is 4.31 Å². The number of piperidine rings is 1. The third kappa shape index (κ3) is 4.26. The maximum absolute atomic E-state index is 13.1. The number of fused-ring (bicyclic) bond motifs is 1. The fourth-order valence-corrected chi connectivity index (χ4v) is 8.19. The van der Waals surface area contributed by atoms with Gasteiger partial charge in [-0.3, -0.25) is 4.79 Å². The van der Waals surface area contributed by atoms with E-state index < -0.39 is 10.0 Å². The normalized spacial score (nSPS) is 19.0. The number of sulfonamides is 1. The number of carbonyl (C=O) groups excluding carboxylic acids is 1. The number of nitrogens with zero attached hydrogens (tertiary/aromatic N) is 4. The van der Waals surface area contributed by atoms with E-state index in [0.29, 0.717) is 48.3 Å². The number of rotatable bonds is 4. The number of piperazine rings is 1. The summed E-state index contributed by atoms with van der Waals surface area (Å²) in [5.74, 6) is 0.0369. The molecule has 0 bridgehead atoms. The van der Waals surface area contributed by atoms with Crippen molar-refractivity contribution < 1.29 is 13.2 Å². The molecule has 1 amide bonds. The fraction of sp³-hybridized carbons (Fsp3) is 0.429. The van der Waals surface area contributed by atoms with Crippen molar-refractivity contribution in [3.8, 4) is 0 Å². The Bertz CT molecular complexity index is 1210. The summed E-state index contributed by atoms with van der Waals surface area (Å²) >= 11 is 8.94. The van der Waals surface area contributed by atoms with Crippen LogP contribution in [0.25, 0.3) is 10.2 Å². The molecule has 0 aliphatic carbocycles. The first kappa shape index (κ1) is 22.1. The molecule has 11 heteroatoms. The molecule has 4 heterocycles. The summed E-state index contributed by atoms with van der Waals surface area (Å²) in [4.78, 5) is 21.9. The van der Waals surface area contributed by atoms with E-state index in [9.17, 15) is 13.2 Å². The smallest absolute Gasteiger partial charge is 0.252 e. The van der Waals surface area contributed by atoms with E-state index in [-0.39, 0.29) is 11.8 Å². The number of hydrogen-bond acceptors (Lipinski definition) is 7. The Morgan fingerprint density at radius 3 is 2.50 bits per heavy atom. The van der Waals surface area contributed by atoms with E-state index >= 15 is 0 Å². The number of anilines is 1. The predicted octanol–water partition coefficient (Wildman–Crippen LogP) is 3.76. The second kappa shape index (κ2) is 8.90. The Balaban J connectivity index is 1.16. The number of hydrogen-bond donors (Lipinski definition) is 0. The van der Waals surface area contributed by atoms with Gasteiger partial charge in [-0.15, -0.1) is 11.3 Å². The summed E-state index contributed by atoms with van der Waals surface area (Å²) in [6, 6.07) is 9.10. The minimum Gasteiger partial charge on any atom is -0.345 e. The largest absolute Gasteiger partial charge is 0.345 e. The van der Waals surface area contributed by atoms with Crippen LogP contribution in [0.4, 0.5) is 5.13 Å². The van der Waals surface area contributed by atoms with Gasteiger partial charge in [0, 0.05) is 50.2 Å². The van der Waals surface area contributed by atoms with Gasteiger partial charge in [-0.05, 0) is 42.5 Å². The van der Waals surface area contributed by atoms with E-state index in [4.69, 9.17) is 16.6 Å². The lowest BCUT2D eigenvalue weighted by Crippen LogP contribution is -2.52. The first-order valence-electron chi connectivity index (χ1n) is 10.6. The lowest BCUT2D eigenvalue weighted by atomic mass is 9.96. The van der Waals surface area contributed by atoms with Gasteiger partial charge in [0.2, 0.25) is 5.91 Å². The van der Waals surface area contributed by atoms with Gasteiger partial charge in [0.15, 0.2) is 5.13 Å². The summed E-state index contributed by atoms with van der Waals surface area (Å²) in [5.41, 5.74) is 0.942. The van der Waals surface area contributed by atoms with Crippen molar-refractivity contribution in [1.82, 2.24) is 14.2 Å². The first-order chi connectivity index (χ1) is 15.4. The number of benzene rings is 1. The van der Waals surface area contributed by atoms with Crippen molar-refractivity contribution in [1.29, 1.82) is 0 Å². The number of halogens is 1. The van der Waals surface area contributed by atoms with Crippen molar-refractivity contribution in [3.63, 3.8) is 0 Å². The van der Waals surface area contributed by atoms with Crippen LogP contribution in [0.1, 0.15) is 12.8 Å². The highest BCUT2D eigenvalue weighted by Gasteiger charge is 2.35. The molecule has 7 nitrogen and oxygen atoms in total.